The molecular weight excluding hydrogens is 238 g/mol. The van der Waals surface area contributed by atoms with Crippen LogP contribution in [0, 0.1) is 0 Å². The van der Waals surface area contributed by atoms with E-state index in [-0.39, 0.29) is 0 Å². The van der Waals surface area contributed by atoms with Crippen molar-refractivity contribution < 1.29 is 14.6 Å². The molecule has 0 bridgehead atoms. The van der Waals surface area contributed by atoms with Crippen LogP contribution in [-0.2, 0) is 0 Å². The van der Waals surface area contributed by atoms with Gasteiger partial charge in [-0.25, -0.2) is 4.79 Å². The molecule has 17 heavy (non-hydrogen) atoms. The van der Waals surface area contributed by atoms with E-state index in [9.17, 15) is 4.79 Å². The number of carboxylic acid groups (broad SMARTS) is 1. The van der Waals surface area contributed by atoms with Crippen molar-refractivity contribution in [3.05, 3.63) is 23.8 Å². The minimum Gasteiger partial charge on any atom is -0.497 e. The molecule has 1 aliphatic heterocycles. The Kier molecular flexibility index (Phi) is 3.78. The molecule has 0 saturated carbocycles. The van der Waals surface area contributed by atoms with Gasteiger partial charge in [0, 0.05) is 17.9 Å². The number of nitrogens with one attached hydrogen (secondary N) is 1. The van der Waals surface area contributed by atoms with Crippen molar-refractivity contribution in [3.63, 3.8) is 0 Å². The fourth-order valence-electron chi connectivity index (χ4n) is 1.82. The van der Waals surface area contributed by atoms with Gasteiger partial charge in [0.15, 0.2) is 0 Å². The number of hydrogen-bond acceptors (Lipinski definition) is 4. The van der Waals surface area contributed by atoms with Crippen molar-refractivity contribution in [2.45, 2.75) is 12.5 Å². The first-order valence-electron chi connectivity index (χ1n) is 5.46. The Balaban J connectivity index is 2.24. The molecule has 5 heteroatoms. The molecule has 0 radical (unpaired) electrons. The number of benzene rings is 1. The van der Waals surface area contributed by atoms with Crippen LogP contribution in [0.15, 0.2) is 18.2 Å². The Morgan fingerprint density at radius 3 is 3.00 bits per heavy atom. The molecule has 4 nitrogen and oxygen atoms in total. The topological polar surface area (TPSA) is 58.6 Å². The molecule has 1 aromatic rings. The highest BCUT2D eigenvalue weighted by atomic mass is 32.2. The van der Waals surface area contributed by atoms with Crippen LogP contribution >= 0.6 is 11.8 Å². The molecule has 2 N–H and O–H groups in total. The molecule has 1 aromatic carbocycles. The van der Waals surface area contributed by atoms with E-state index >= 15 is 0 Å². The number of aromatic carboxylic acids is 1. The standard InChI is InChI=1S/C12H15NO3S/c1-16-9-2-3-10(12(14)15)11(6-9)13-8-4-5-17-7-8/h2-3,6,8,13H,4-5,7H2,1H3,(H,14,15). The Hall–Kier alpha value is -1.36. The van der Waals surface area contributed by atoms with Gasteiger partial charge in [0.1, 0.15) is 5.75 Å². The fraction of sp³-hybridized carbons (Fsp3) is 0.417. The molecule has 1 atom stereocenters. The van der Waals surface area contributed by atoms with Gasteiger partial charge in [0.25, 0.3) is 0 Å². The van der Waals surface area contributed by atoms with Crippen LogP contribution in [0.3, 0.4) is 0 Å². The quantitative estimate of drug-likeness (QED) is 0.862. The molecule has 1 unspecified atom stereocenters. The van der Waals surface area contributed by atoms with Gasteiger partial charge in [-0.05, 0) is 24.3 Å². The van der Waals surface area contributed by atoms with Gasteiger partial charge in [-0.3, -0.25) is 0 Å². The Labute approximate surface area is 104 Å². The Morgan fingerprint density at radius 1 is 1.59 bits per heavy atom. The summed E-state index contributed by atoms with van der Waals surface area (Å²) in [4.78, 5) is 11.1. The van der Waals surface area contributed by atoms with Crippen LogP contribution in [0.25, 0.3) is 0 Å². The monoisotopic (exact) mass is 253 g/mol. The van der Waals surface area contributed by atoms with Crippen molar-refractivity contribution in [2.24, 2.45) is 0 Å². The van der Waals surface area contributed by atoms with Gasteiger partial charge in [-0.2, -0.15) is 11.8 Å². The normalized spacial score (nSPS) is 19.0. The first-order valence-corrected chi connectivity index (χ1v) is 6.62. The van der Waals surface area contributed by atoms with Crippen molar-refractivity contribution >= 4 is 23.4 Å². The third-order valence-electron chi connectivity index (χ3n) is 2.75. The number of ether oxygens (including phenoxy) is 1. The number of carbonyl (C=O) groups is 1. The molecule has 0 amide bonds. The van der Waals surface area contributed by atoms with E-state index in [0.29, 0.717) is 23.0 Å². The highest BCUT2D eigenvalue weighted by Gasteiger charge is 2.18. The van der Waals surface area contributed by atoms with E-state index in [1.165, 1.54) is 0 Å². The lowest BCUT2D eigenvalue weighted by atomic mass is 10.1. The summed E-state index contributed by atoms with van der Waals surface area (Å²) in [6.07, 6.45) is 1.07. The van der Waals surface area contributed by atoms with E-state index in [2.05, 4.69) is 5.32 Å². The maximum absolute atomic E-state index is 11.1. The maximum Gasteiger partial charge on any atom is 0.337 e. The Bertz CT molecular complexity index is 416. The predicted molar refractivity (Wildman–Crippen MR) is 69.3 cm³/mol. The molecule has 0 spiro atoms. The second kappa shape index (κ2) is 5.31. The second-order valence-electron chi connectivity index (χ2n) is 3.92. The van der Waals surface area contributed by atoms with Crippen LogP contribution < -0.4 is 10.1 Å². The third-order valence-corrected chi connectivity index (χ3v) is 3.91. The summed E-state index contributed by atoms with van der Waals surface area (Å²) in [7, 11) is 1.57. The van der Waals surface area contributed by atoms with Crippen LogP contribution in [-0.4, -0.2) is 35.7 Å². The average Bonchev–Trinajstić information content (AvgIpc) is 2.81. The van der Waals surface area contributed by atoms with Gasteiger partial charge in [-0.1, -0.05) is 0 Å². The zero-order valence-electron chi connectivity index (χ0n) is 9.60. The van der Waals surface area contributed by atoms with E-state index in [1.807, 2.05) is 11.8 Å². The first-order chi connectivity index (χ1) is 8.20. The Morgan fingerprint density at radius 2 is 2.41 bits per heavy atom. The molecule has 92 valence electrons. The minimum atomic E-state index is -0.916. The van der Waals surface area contributed by atoms with Crippen LogP contribution in [0.5, 0.6) is 5.75 Å². The third kappa shape index (κ3) is 2.85. The fourth-order valence-corrected chi connectivity index (χ4v) is 2.98. The van der Waals surface area contributed by atoms with Gasteiger partial charge >= 0.3 is 5.97 Å². The number of thioether (sulfide) groups is 1. The SMILES string of the molecule is COc1ccc(C(=O)O)c(NC2CCSC2)c1. The van der Waals surface area contributed by atoms with E-state index in [1.54, 1.807) is 25.3 Å². The molecule has 2 rings (SSSR count). The number of rotatable bonds is 4. The molecule has 0 aliphatic carbocycles. The van der Waals surface area contributed by atoms with E-state index in [4.69, 9.17) is 9.84 Å². The van der Waals surface area contributed by atoms with Gasteiger partial charge in [0.2, 0.25) is 0 Å². The van der Waals surface area contributed by atoms with E-state index < -0.39 is 5.97 Å². The summed E-state index contributed by atoms with van der Waals surface area (Å²) in [5.74, 6) is 1.91. The van der Waals surface area contributed by atoms with Crippen molar-refractivity contribution in [1.82, 2.24) is 0 Å². The molecule has 1 heterocycles. The lowest BCUT2D eigenvalue weighted by Crippen LogP contribution is -2.20. The van der Waals surface area contributed by atoms with Crippen molar-refractivity contribution in [2.75, 3.05) is 23.9 Å². The molecule has 1 fully saturated rings. The summed E-state index contributed by atoms with van der Waals surface area (Å²) < 4.78 is 5.12. The summed E-state index contributed by atoms with van der Waals surface area (Å²) >= 11 is 1.88. The van der Waals surface area contributed by atoms with E-state index in [0.717, 1.165) is 17.9 Å². The van der Waals surface area contributed by atoms with Gasteiger partial charge in [0.05, 0.1) is 18.4 Å². The predicted octanol–water partition coefficient (Wildman–Crippen LogP) is 2.31. The average molecular weight is 253 g/mol. The number of carboxylic acids is 1. The lowest BCUT2D eigenvalue weighted by Gasteiger charge is -2.15. The highest BCUT2D eigenvalue weighted by molar-refractivity contribution is 7.99. The maximum atomic E-state index is 11.1. The lowest BCUT2D eigenvalue weighted by molar-refractivity contribution is 0.0698. The van der Waals surface area contributed by atoms with Crippen LogP contribution in [0.4, 0.5) is 5.69 Å². The van der Waals surface area contributed by atoms with Crippen molar-refractivity contribution in [3.8, 4) is 5.75 Å². The zero-order valence-corrected chi connectivity index (χ0v) is 10.4. The molecule has 1 saturated heterocycles. The summed E-state index contributed by atoms with van der Waals surface area (Å²) in [5.41, 5.74) is 0.937. The molecule has 1 aliphatic rings. The van der Waals surface area contributed by atoms with Crippen LogP contribution in [0.1, 0.15) is 16.8 Å². The largest absolute Gasteiger partial charge is 0.497 e. The number of methoxy groups -OCH3 is 1. The zero-order chi connectivity index (χ0) is 12.3. The molecule has 0 aromatic heterocycles. The number of anilines is 1. The molecular formula is C12H15NO3S. The van der Waals surface area contributed by atoms with Crippen molar-refractivity contribution in [1.29, 1.82) is 0 Å². The highest BCUT2D eigenvalue weighted by Crippen LogP contribution is 2.27. The smallest absolute Gasteiger partial charge is 0.337 e. The number of hydrogen-bond donors (Lipinski definition) is 2. The summed E-state index contributed by atoms with van der Waals surface area (Å²) in [6, 6.07) is 5.33. The summed E-state index contributed by atoms with van der Waals surface area (Å²) in [5, 5.41) is 12.4. The summed E-state index contributed by atoms with van der Waals surface area (Å²) in [6.45, 7) is 0. The van der Waals surface area contributed by atoms with Crippen LogP contribution in [0.2, 0.25) is 0 Å². The van der Waals surface area contributed by atoms with Gasteiger partial charge < -0.3 is 15.2 Å². The first kappa shape index (κ1) is 12.1. The second-order valence-corrected chi connectivity index (χ2v) is 5.07. The van der Waals surface area contributed by atoms with Gasteiger partial charge in [-0.15, -0.1) is 0 Å². The minimum absolute atomic E-state index is 0.294.